The van der Waals surface area contributed by atoms with Gasteiger partial charge in [0.2, 0.25) is 5.91 Å². The fourth-order valence-electron chi connectivity index (χ4n) is 4.85. The van der Waals surface area contributed by atoms with Crippen LogP contribution in [0.15, 0.2) is 72.8 Å². The maximum atomic E-state index is 15.4. The second kappa shape index (κ2) is 12.0. The standard InChI is InChI=1S/C32H35FN2O2/c1-23(36)12-13-24-8-7-11-30(20-24)35(32(37)26-9-5-4-6-10-26)22-28-15-14-27(21-31(28)33)25-16-18-29(19-17-25)34(2)3/h7-8,11-21,26H,4-6,9-10,22H2,1-3H3/b13-12+. The molecule has 1 aliphatic rings. The van der Waals surface area contributed by atoms with Gasteiger partial charge in [-0.3, -0.25) is 9.59 Å². The Morgan fingerprint density at radius 2 is 1.59 bits per heavy atom. The molecule has 1 amide bonds. The number of halogens is 1. The van der Waals surface area contributed by atoms with Crippen LogP contribution < -0.4 is 9.80 Å². The predicted molar refractivity (Wildman–Crippen MR) is 150 cm³/mol. The van der Waals surface area contributed by atoms with Gasteiger partial charge in [0.05, 0.1) is 6.54 Å². The van der Waals surface area contributed by atoms with Crippen molar-refractivity contribution in [1.82, 2.24) is 0 Å². The van der Waals surface area contributed by atoms with E-state index < -0.39 is 0 Å². The zero-order valence-electron chi connectivity index (χ0n) is 21.9. The molecule has 0 bridgehead atoms. The van der Waals surface area contributed by atoms with Crippen LogP contribution in [-0.2, 0) is 16.1 Å². The summed E-state index contributed by atoms with van der Waals surface area (Å²) in [5.41, 5.74) is 4.83. The molecule has 1 fully saturated rings. The number of amides is 1. The van der Waals surface area contributed by atoms with E-state index >= 15 is 4.39 Å². The molecule has 5 heteroatoms. The molecule has 0 N–H and O–H groups in total. The molecule has 192 valence electrons. The second-order valence-corrected chi connectivity index (χ2v) is 10.0. The molecule has 1 saturated carbocycles. The van der Waals surface area contributed by atoms with E-state index in [4.69, 9.17) is 0 Å². The number of ketones is 1. The molecule has 0 heterocycles. The molecule has 3 aromatic rings. The van der Waals surface area contributed by atoms with Crippen LogP contribution in [0.2, 0.25) is 0 Å². The molecule has 0 radical (unpaired) electrons. The van der Waals surface area contributed by atoms with Crippen LogP contribution >= 0.6 is 0 Å². The van der Waals surface area contributed by atoms with Gasteiger partial charge in [-0.05, 0) is 72.9 Å². The summed E-state index contributed by atoms with van der Waals surface area (Å²) in [7, 11) is 3.97. The van der Waals surface area contributed by atoms with Crippen molar-refractivity contribution in [2.24, 2.45) is 5.92 Å². The van der Waals surface area contributed by atoms with Crippen molar-refractivity contribution >= 4 is 29.1 Å². The lowest BCUT2D eigenvalue weighted by atomic mass is 9.88. The Morgan fingerprint density at radius 1 is 0.892 bits per heavy atom. The molecule has 0 spiro atoms. The van der Waals surface area contributed by atoms with Gasteiger partial charge in [0, 0.05) is 37.0 Å². The molecule has 1 aliphatic carbocycles. The molecule has 0 aliphatic heterocycles. The number of carbonyl (C=O) groups is 2. The van der Waals surface area contributed by atoms with E-state index in [1.165, 1.54) is 13.0 Å². The maximum absolute atomic E-state index is 15.4. The van der Waals surface area contributed by atoms with E-state index in [9.17, 15) is 9.59 Å². The van der Waals surface area contributed by atoms with E-state index in [0.29, 0.717) is 11.3 Å². The number of allylic oxidation sites excluding steroid dienone is 1. The van der Waals surface area contributed by atoms with Crippen LogP contribution in [0.25, 0.3) is 17.2 Å². The molecule has 37 heavy (non-hydrogen) atoms. The highest BCUT2D eigenvalue weighted by Gasteiger charge is 2.28. The Hall–Kier alpha value is -3.73. The summed E-state index contributed by atoms with van der Waals surface area (Å²) < 4.78 is 15.4. The Labute approximate surface area is 219 Å². The van der Waals surface area contributed by atoms with Gasteiger partial charge in [0.1, 0.15) is 5.82 Å². The average molecular weight is 499 g/mol. The highest BCUT2D eigenvalue weighted by molar-refractivity contribution is 5.96. The molecular formula is C32H35FN2O2. The van der Waals surface area contributed by atoms with Gasteiger partial charge in [-0.2, -0.15) is 0 Å². The van der Waals surface area contributed by atoms with Crippen molar-refractivity contribution in [3.8, 4) is 11.1 Å². The van der Waals surface area contributed by atoms with Crippen LogP contribution in [0.5, 0.6) is 0 Å². The first-order valence-electron chi connectivity index (χ1n) is 13.0. The number of benzene rings is 3. The smallest absolute Gasteiger partial charge is 0.230 e. The summed E-state index contributed by atoms with van der Waals surface area (Å²) in [5.74, 6) is -0.389. The minimum atomic E-state index is -0.330. The molecule has 0 aromatic heterocycles. The molecule has 4 rings (SSSR count). The SMILES string of the molecule is CC(=O)/C=C/c1cccc(N(Cc2ccc(-c3ccc(N(C)C)cc3)cc2F)C(=O)C2CCCCC2)c1. The minimum Gasteiger partial charge on any atom is -0.378 e. The summed E-state index contributed by atoms with van der Waals surface area (Å²) in [6.45, 7) is 1.66. The first kappa shape index (κ1) is 26.3. The third-order valence-corrected chi connectivity index (χ3v) is 7.01. The third kappa shape index (κ3) is 6.73. The average Bonchev–Trinajstić information content (AvgIpc) is 2.91. The zero-order valence-corrected chi connectivity index (χ0v) is 21.9. The molecule has 0 saturated heterocycles. The Balaban J connectivity index is 1.63. The van der Waals surface area contributed by atoms with Gasteiger partial charge in [-0.1, -0.05) is 61.7 Å². The van der Waals surface area contributed by atoms with Crippen LogP contribution in [0, 0.1) is 11.7 Å². The zero-order chi connectivity index (χ0) is 26.4. The van der Waals surface area contributed by atoms with E-state index in [1.807, 2.05) is 73.6 Å². The van der Waals surface area contributed by atoms with Crippen LogP contribution in [0.1, 0.15) is 50.2 Å². The van der Waals surface area contributed by atoms with Gasteiger partial charge >= 0.3 is 0 Å². The Morgan fingerprint density at radius 3 is 2.24 bits per heavy atom. The Kier molecular flexibility index (Phi) is 8.54. The molecule has 4 nitrogen and oxygen atoms in total. The summed E-state index contributed by atoms with van der Waals surface area (Å²) >= 11 is 0. The van der Waals surface area contributed by atoms with Gasteiger partial charge in [0.25, 0.3) is 0 Å². The number of anilines is 2. The van der Waals surface area contributed by atoms with Gasteiger partial charge < -0.3 is 9.80 Å². The number of hydrogen-bond acceptors (Lipinski definition) is 3. The first-order chi connectivity index (χ1) is 17.8. The number of rotatable bonds is 8. The number of hydrogen-bond donors (Lipinski definition) is 0. The fourth-order valence-corrected chi connectivity index (χ4v) is 4.85. The summed E-state index contributed by atoms with van der Waals surface area (Å²) in [5, 5.41) is 0. The third-order valence-electron chi connectivity index (χ3n) is 7.01. The minimum absolute atomic E-state index is 0.0372. The van der Waals surface area contributed by atoms with Crippen molar-refractivity contribution in [1.29, 1.82) is 0 Å². The van der Waals surface area contributed by atoms with Crippen molar-refractivity contribution in [2.75, 3.05) is 23.9 Å². The summed E-state index contributed by atoms with van der Waals surface area (Å²) in [4.78, 5) is 28.8. The normalized spacial score (nSPS) is 14.1. The highest BCUT2D eigenvalue weighted by Crippen LogP contribution is 2.31. The van der Waals surface area contributed by atoms with E-state index in [0.717, 1.165) is 54.5 Å². The van der Waals surface area contributed by atoms with Crippen molar-refractivity contribution in [3.63, 3.8) is 0 Å². The lowest BCUT2D eigenvalue weighted by Crippen LogP contribution is -2.37. The monoisotopic (exact) mass is 498 g/mol. The second-order valence-electron chi connectivity index (χ2n) is 10.0. The molecule has 3 aromatic carbocycles. The number of carbonyl (C=O) groups excluding carboxylic acids is 2. The largest absolute Gasteiger partial charge is 0.378 e. The van der Waals surface area contributed by atoms with Crippen LogP contribution in [-0.4, -0.2) is 25.8 Å². The maximum Gasteiger partial charge on any atom is 0.230 e. The predicted octanol–water partition coefficient (Wildman–Crippen LogP) is 7.27. The lowest BCUT2D eigenvalue weighted by molar-refractivity contribution is -0.123. The van der Waals surface area contributed by atoms with Crippen molar-refractivity contribution in [3.05, 3.63) is 89.8 Å². The number of nitrogens with zero attached hydrogens (tertiary/aromatic N) is 2. The molecule has 0 unspecified atom stereocenters. The van der Waals surface area contributed by atoms with Gasteiger partial charge in [-0.15, -0.1) is 0 Å². The quantitative estimate of drug-likeness (QED) is 0.307. The topological polar surface area (TPSA) is 40.6 Å². The molecular weight excluding hydrogens is 463 g/mol. The van der Waals surface area contributed by atoms with Crippen LogP contribution in [0.3, 0.4) is 0 Å². The van der Waals surface area contributed by atoms with Crippen molar-refractivity contribution in [2.45, 2.75) is 45.6 Å². The lowest BCUT2D eigenvalue weighted by Gasteiger charge is -2.30. The summed E-state index contributed by atoms with van der Waals surface area (Å²) in [6, 6.07) is 20.8. The molecule has 0 atom stereocenters. The van der Waals surface area contributed by atoms with E-state index in [-0.39, 0.29) is 30.0 Å². The summed E-state index contributed by atoms with van der Waals surface area (Å²) in [6.07, 6.45) is 8.22. The van der Waals surface area contributed by atoms with E-state index in [2.05, 4.69) is 0 Å². The first-order valence-corrected chi connectivity index (χ1v) is 13.0. The van der Waals surface area contributed by atoms with Crippen LogP contribution in [0.4, 0.5) is 15.8 Å². The Bertz CT molecular complexity index is 1270. The van der Waals surface area contributed by atoms with Crippen molar-refractivity contribution < 1.29 is 14.0 Å². The highest BCUT2D eigenvalue weighted by atomic mass is 19.1. The van der Waals surface area contributed by atoms with Gasteiger partial charge in [0.15, 0.2) is 5.78 Å². The van der Waals surface area contributed by atoms with E-state index in [1.54, 1.807) is 23.1 Å². The van der Waals surface area contributed by atoms with Gasteiger partial charge in [-0.25, -0.2) is 4.39 Å². The fraction of sp³-hybridized carbons (Fsp3) is 0.312.